The molecule has 2 saturated heterocycles. The molecule has 4 unspecified atom stereocenters. The number of piperidine rings is 1. The van der Waals surface area contributed by atoms with Crippen molar-refractivity contribution < 1.29 is 29.3 Å². The van der Waals surface area contributed by atoms with E-state index in [0.29, 0.717) is 18.4 Å². The van der Waals surface area contributed by atoms with E-state index in [-0.39, 0.29) is 6.04 Å². The van der Waals surface area contributed by atoms with Gasteiger partial charge in [0, 0.05) is 18.5 Å². The van der Waals surface area contributed by atoms with Crippen molar-refractivity contribution in [1.29, 1.82) is 0 Å². The SMILES string of the molecule is COC(=O)C1C(OC(=O)c2ccccc2)CC2CCC1N2C(O)O. The van der Waals surface area contributed by atoms with Crippen LogP contribution in [0.25, 0.3) is 0 Å². The second kappa shape index (κ2) is 6.88. The molecule has 0 radical (unpaired) electrons. The molecule has 1 aromatic carbocycles. The maximum atomic E-state index is 12.3. The Hall–Kier alpha value is -1.96. The number of ether oxygens (including phenoxy) is 2. The van der Waals surface area contributed by atoms with Gasteiger partial charge in [0.1, 0.15) is 12.0 Å². The third-order valence-corrected chi connectivity index (χ3v) is 4.93. The van der Waals surface area contributed by atoms with Crippen LogP contribution < -0.4 is 0 Å². The van der Waals surface area contributed by atoms with E-state index >= 15 is 0 Å². The minimum absolute atomic E-state index is 0.135. The standard InChI is InChI=1S/C17H21NO6/c1-23-16(20)14-12-8-7-11(18(12)17(21)22)9-13(14)24-15(19)10-5-3-2-4-6-10/h2-6,11-14,17,21-22H,7-9H2,1H3. The molecule has 3 rings (SSSR count). The van der Waals surface area contributed by atoms with E-state index in [2.05, 4.69) is 0 Å². The number of methoxy groups -OCH3 is 1. The average molecular weight is 335 g/mol. The normalized spacial score (nSPS) is 29.5. The van der Waals surface area contributed by atoms with Gasteiger partial charge in [-0.2, -0.15) is 0 Å². The number of aliphatic hydroxyl groups excluding tert-OH is 1. The molecule has 0 aromatic heterocycles. The van der Waals surface area contributed by atoms with Crippen LogP contribution in [0.3, 0.4) is 0 Å². The Labute approximate surface area is 139 Å². The van der Waals surface area contributed by atoms with Gasteiger partial charge < -0.3 is 19.7 Å². The first kappa shape index (κ1) is 16.9. The Morgan fingerprint density at radius 2 is 1.92 bits per heavy atom. The van der Waals surface area contributed by atoms with Gasteiger partial charge in [-0.3, -0.25) is 4.79 Å². The zero-order chi connectivity index (χ0) is 17.3. The number of fused-ring (bicyclic) bond motifs is 2. The van der Waals surface area contributed by atoms with Crippen LogP contribution in [0.4, 0.5) is 0 Å². The summed E-state index contributed by atoms with van der Waals surface area (Å²) in [5, 5.41) is 19.2. The molecule has 2 aliphatic heterocycles. The lowest BCUT2D eigenvalue weighted by Gasteiger charge is -2.43. The van der Waals surface area contributed by atoms with Gasteiger partial charge in [0.05, 0.1) is 12.7 Å². The van der Waals surface area contributed by atoms with Gasteiger partial charge in [-0.1, -0.05) is 18.2 Å². The molecule has 2 fully saturated rings. The van der Waals surface area contributed by atoms with E-state index in [1.54, 1.807) is 30.3 Å². The number of hydrogen-bond acceptors (Lipinski definition) is 7. The van der Waals surface area contributed by atoms with Gasteiger partial charge in [0.25, 0.3) is 0 Å². The van der Waals surface area contributed by atoms with Gasteiger partial charge in [0.2, 0.25) is 6.41 Å². The van der Waals surface area contributed by atoms with Crippen molar-refractivity contribution in [2.24, 2.45) is 5.92 Å². The average Bonchev–Trinajstić information content (AvgIpc) is 2.90. The zero-order valence-corrected chi connectivity index (χ0v) is 13.4. The summed E-state index contributed by atoms with van der Waals surface area (Å²) in [5.74, 6) is -1.73. The summed E-state index contributed by atoms with van der Waals surface area (Å²) in [6.45, 7) is 0. The molecule has 0 spiro atoms. The molecule has 0 amide bonds. The van der Waals surface area contributed by atoms with Crippen LogP contribution in [0, 0.1) is 5.92 Å². The molecule has 2 bridgehead atoms. The topological polar surface area (TPSA) is 96.3 Å². The summed E-state index contributed by atoms with van der Waals surface area (Å²) in [7, 11) is 1.28. The minimum Gasteiger partial charge on any atom is -0.469 e. The highest BCUT2D eigenvalue weighted by atomic mass is 16.6. The summed E-state index contributed by atoms with van der Waals surface area (Å²) in [6.07, 6.45) is -0.568. The Bertz CT molecular complexity index is 604. The van der Waals surface area contributed by atoms with Gasteiger partial charge in [-0.15, -0.1) is 0 Å². The molecule has 2 aliphatic rings. The van der Waals surface area contributed by atoms with Crippen LogP contribution in [0.1, 0.15) is 29.6 Å². The third-order valence-electron chi connectivity index (χ3n) is 4.93. The number of hydrogen-bond donors (Lipinski definition) is 2. The molecule has 0 saturated carbocycles. The van der Waals surface area contributed by atoms with Crippen LogP contribution >= 0.6 is 0 Å². The number of aliphatic hydroxyl groups is 2. The van der Waals surface area contributed by atoms with Crippen LogP contribution in [0.2, 0.25) is 0 Å². The predicted molar refractivity (Wildman–Crippen MR) is 82.6 cm³/mol. The summed E-state index contributed by atoms with van der Waals surface area (Å²) in [4.78, 5) is 26.1. The van der Waals surface area contributed by atoms with E-state index in [0.717, 1.165) is 6.42 Å². The second-order valence-corrected chi connectivity index (χ2v) is 6.19. The molecule has 4 atom stereocenters. The Morgan fingerprint density at radius 1 is 1.21 bits per heavy atom. The summed E-state index contributed by atoms with van der Waals surface area (Å²) in [5.41, 5.74) is 0.415. The Balaban J connectivity index is 1.82. The fourth-order valence-corrected chi connectivity index (χ4v) is 3.91. The monoisotopic (exact) mass is 335 g/mol. The first-order chi connectivity index (χ1) is 11.5. The van der Waals surface area contributed by atoms with E-state index < -0.39 is 36.4 Å². The van der Waals surface area contributed by atoms with E-state index in [9.17, 15) is 19.8 Å². The Kier molecular flexibility index (Phi) is 4.84. The molecule has 24 heavy (non-hydrogen) atoms. The summed E-state index contributed by atoms with van der Waals surface area (Å²) < 4.78 is 10.5. The maximum absolute atomic E-state index is 12.3. The lowest BCUT2D eigenvalue weighted by molar-refractivity contribution is -0.205. The molecule has 0 aliphatic carbocycles. The summed E-state index contributed by atoms with van der Waals surface area (Å²) in [6, 6.07) is 8.03. The highest BCUT2D eigenvalue weighted by molar-refractivity contribution is 5.89. The summed E-state index contributed by atoms with van der Waals surface area (Å²) >= 11 is 0. The lowest BCUT2D eigenvalue weighted by Crippen LogP contribution is -2.58. The number of benzene rings is 1. The molecule has 130 valence electrons. The van der Waals surface area contributed by atoms with E-state index in [1.807, 2.05) is 0 Å². The Morgan fingerprint density at radius 3 is 2.54 bits per heavy atom. The number of carbonyl (C=O) groups excluding carboxylic acids is 2. The van der Waals surface area contributed by atoms with Crippen molar-refractivity contribution >= 4 is 11.9 Å². The van der Waals surface area contributed by atoms with Gasteiger partial charge in [0.15, 0.2) is 0 Å². The van der Waals surface area contributed by atoms with Crippen molar-refractivity contribution in [2.75, 3.05) is 7.11 Å². The minimum atomic E-state index is -1.64. The van der Waals surface area contributed by atoms with Crippen LogP contribution in [0.5, 0.6) is 0 Å². The fourth-order valence-electron chi connectivity index (χ4n) is 3.91. The fraction of sp³-hybridized carbons (Fsp3) is 0.529. The largest absolute Gasteiger partial charge is 0.469 e. The molecular formula is C17H21NO6. The van der Waals surface area contributed by atoms with E-state index in [1.165, 1.54) is 12.0 Å². The zero-order valence-electron chi connectivity index (χ0n) is 13.4. The lowest BCUT2D eigenvalue weighted by atomic mass is 9.87. The van der Waals surface area contributed by atoms with E-state index in [4.69, 9.17) is 9.47 Å². The molecule has 2 N–H and O–H groups in total. The molecule has 7 heteroatoms. The van der Waals surface area contributed by atoms with Gasteiger partial charge >= 0.3 is 11.9 Å². The quantitative estimate of drug-likeness (QED) is 0.611. The maximum Gasteiger partial charge on any atom is 0.338 e. The van der Waals surface area contributed by atoms with Crippen molar-refractivity contribution in [3.8, 4) is 0 Å². The first-order valence-corrected chi connectivity index (χ1v) is 8.00. The van der Waals surface area contributed by atoms with Crippen LogP contribution in [-0.4, -0.2) is 58.8 Å². The van der Waals surface area contributed by atoms with Gasteiger partial charge in [-0.25, -0.2) is 9.69 Å². The number of carbonyl (C=O) groups is 2. The number of nitrogens with zero attached hydrogens (tertiary/aromatic N) is 1. The van der Waals surface area contributed by atoms with Crippen LogP contribution in [-0.2, 0) is 14.3 Å². The molecule has 2 heterocycles. The molecule has 1 aromatic rings. The highest BCUT2D eigenvalue weighted by Crippen LogP contribution is 2.42. The molecular weight excluding hydrogens is 314 g/mol. The van der Waals surface area contributed by atoms with Crippen molar-refractivity contribution in [2.45, 2.75) is 43.9 Å². The van der Waals surface area contributed by atoms with Crippen molar-refractivity contribution in [3.05, 3.63) is 35.9 Å². The highest BCUT2D eigenvalue weighted by Gasteiger charge is 2.54. The number of esters is 2. The second-order valence-electron chi connectivity index (χ2n) is 6.19. The van der Waals surface area contributed by atoms with Crippen LogP contribution in [0.15, 0.2) is 30.3 Å². The predicted octanol–water partition coefficient (Wildman–Crippen LogP) is 0.506. The van der Waals surface area contributed by atoms with Crippen molar-refractivity contribution in [3.63, 3.8) is 0 Å². The third kappa shape index (κ3) is 3.02. The molecule has 7 nitrogen and oxygen atoms in total. The number of rotatable bonds is 4. The first-order valence-electron chi connectivity index (χ1n) is 8.00. The van der Waals surface area contributed by atoms with Crippen molar-refractivity contribution in [1.82, 2.24) is 4.90 Å². The van der Waals surface area contributed by atoms with Gasteiger partial charge in [-0.05, 0) is 25.0 Å². The smallest absolute Gasteiger partial charge is 0.338 e.